The Balaban J connectivity index is 2.03. The Kier molecular flexibility index (Phi) is 5.29. The molecule has 0 aromatic heterocycles. The average molecular weight is 294 g/mol. The normalized spacial score (nSPS) is 49.5. The van der Waals surface area contributed by atoms with E-state index in [0.29, 0.717) is 6.42 Å². The largest absolute Gasteiger partial charge is 0.394 e. The van der Waals surface area contributed by atoms with Crippen LogP contribution in [-0.4, -0.2) is 82.7 Å². The van der Waals surface area contributed by atoms with Gasteiger partial charge in [0.15, 0.2) is 12.6 Å². The molecule has 0 spiro atoms. The van der Waals surface area contributed by atoms with Crippen molar-refractivity contribution in [2.75, 3.05) is 13.2 Å². The molecule has 0 aromatic carbocycles. The molecule has 20 heavy (non-hydrogen) atoms. The summed E-state index contributed by atoms with van der Waals surface area (Å²) in [7, 11) is 0. The molecule has 0 aromatic rings. The average Bonchev–Trinajstić information content (AvgIpc) is 2.71. The lowest BCUT2D eigenvalue weighted by Gasteiger charge is -2.39. The van der Waals surface area contributed by atoms with Gasteiger partial charge < -0.3 is 46.1 Å². The molecule has 2 fully saturated rings. The van der Waals surface area contributed by atoms with Gasteiger partial charge in [-0.1, -0.05) is 0 Å². The summed E-state index contributed by atoms with van der Waals surface area (Å²) in [5.41, 5.74) is 11.3. The molecule has 8 atom stereocenters. The number of aliphatic hydroxyl groups excluding tert-OH is 4. The molecule has 1 unspecified atom stereocenters. The Morgan fingerprint density at radius 3 is 2.50 bits per heavy atom. The van der Waals surface area contributed by atoms with Gasteiger partial charge in [0, 0.05) is 13.0 Å². The van der Waals surface area contributed by atoms with Crippen LogP contribution in [0, 0.1) is 0 Å². The van der Waals surface area contributed by atoms with E-state index in [-0.39, 0.29) is 6.54 Å². The van der Waals surface area contributed by atoms with E-state index in [9.17, 15) is 15.3 Å². The lowest BCUT2D eigenvalue weighted by molar-refractivity contribution is -0.254. The van der Waals surface area contributed by atoms with Gasteiger partial charge >= 0.3 is 0 Å². The number of hydrogen-bond acceptors (Lipinski definition) is 9. The molecule has 0 aliphatic carbocycles. The van der Waals surface area contributed by atoms with Crippen LogP contribution in [0.3, 0.4) is 0 Å². The summed E-state index contributed by atoms with van der Waals surface area (Å²) >= 11 is 0. The standard InChI is InChI=1S/C11H22N2O7/c12-2-4-1-5(15)7(13)11(18-4)20-9-6(3-14)19-10(17)8(9)16/h4-11,14-17H,1-3,12-13H2/t4-,5+,6-,7-,8-,9-,10?,11-/m1/s1. The topological polar surface area (TPSA) is 161 Å². The zero-order valence-corrected chi connectivity index (χ0v) is 10.9. The van der Waals surface area contributed by atoms with Crippen molar-refractivity contribution in [3.05, 3.63) is 0 Å². The first-order valence-electron chi connectivity index (χ1n) is 6.55. The summed E-state index contributed by atoms with van der Waals surface area (Å²) < 4.78 is 15.9. The van der Waals surface area contributed by atoms with E-state index < -0.39 is 55.7 Å². The molecular weight excluding hydrogens is 272 g/mol. The van der Waals surface area contributed by atoms with Crippen molar-refractivity contribution in [1.29, 1.82) is 0 Å². The van der Waals surface area contributed by atoms with Crippen LogP contribution in [0.25, 0.3) is 0 Å². The van der Waals surface area contributed by atoms with Crippen molar-refractivity contribution in [1.82, 2.24) is 0 Å². The van der Waals surface area contributed by atoms with Crippen LogP contribution in [0.15, 0.2) is 0 Å². The van der Waals surface area contributed by atoms with Crippen molar-refractivity contribution in [2.45, 2.75) is 55.6 Å². The van der Waals surface area contributed by atoms with Gasteiger partial charge in [0.25, 0.3) is 0 Å². The number of hydrogen-bond donors (Lipinski definition) is 6. The summed E-state index contributed by atoms with van der Waals surface area (Å²) in [5, 5.41) is 38.2. The monoisotopic (exact) mass is 294 g/mol. The maximum atomic E-state index is 9.83. The first-order chi connectivity index (χ1) is 9.47. The van der Waals surface area contributed by atoms with Gasteiger partial charge in [0.1, 0.15) is 18.3 Å². The van der Waals surface area contributed by atoms with E-state index in [2.05, 4.69) is 0 Å². The molecule has 8 N–H and O–H groups in total. The SMILES string of the molecule is NC[C@H]1C[C@H](O)[C@@H](N)[C@@H](O[C@@H]2[C@@H](CO)OC(O)[C@@H]2O)O1. The van der Waals surface area contributed by atoms with Crippen molar-refractivity contribution >= 4 is 0 Å². The van der Waals surface area contributed by atoms with Crippen molar-refractivity contribution < 1.29 is 34.6 Å². The van der Waals surface area contributed by atoms with Gasteiger partial charge in [0.2, 0.25) is 0 Å². The zero-order valence-electron chi connectivity index (χ0n) is 10.9. The van der Waals surface area contributed by atoms with Gasteiger partial charge in [-0.3, -0.25) is 0 Å². The second-order valence-corrected chi connectivity index (χ2v) is 5.08. The Bertz CT molecular complexity index is 321. The fourth-order valence-electron chi connectivity index (χ4n) is 2.41. The zero-order chi connectivity index (χ0) is 14.9. The highest BCUT2D eigenvalue weighted by atomic mass is 16.7. The van der Waals surface area contributed by atoms with Crippen molar-refractivity contribution in [2.24, 2.45) is 11.5 Å². The number of ether oxygens (including phenoxy) is 3. The Labute approximate surface area is 116 Å². The van der Waals surface area contributed by atoms with E-state index in [1.807, 2.05) is 0 Å². The molecule has 0 radical (unpaired) electrons. The maximum Gasteiger partial charge on any atom is 0.184 e. The second kappa shape index (κ2) is 6.60. The van der Waals surface area contributed by atoms with Crippen LogP contribution in [0.1, 0.15) is 6.42 Å². The third-order valence-corrected chi connectivity index (χ3v) is 3.63. The molecule has 2 aliphatic heterocycles. The molecule has 0 saturated carbocycles. The summed E-state index contributed by atoms with van der Waals surface area (Å²) in [6.45, 7) is -0.247. The Hall–Kier alpha value is -0.360. The van der Waals surface area contributed by atoms with Gasteiger partial charge in [-0.25, -0.2) is 0 Å². The minimum absolute atomic E-state index is 0.194. The molecule has 2 aliphatic rings. The third-order valence-electron chi connectivity index (χ3n) is 3.63. The molecule has 9 heteroatoms. The molecule has 118 valence electrons. The third kappa shape index (κ3) is 3.11. The second-order valence-electron chi connectivity index (χ2n) is 5.08. The fourth-order valence-corrected chi connectivity index (χ4v) is 2.41. The van der Waals surface area contributed by atoms with E-state index in [1.165, 1.54) is 0 Å². The highest BCUT2D eigenvalue weighted by Crippen LogP contribution is 2.27. The van der Waals surface area contributed by atoms with E-state index in [1.54, 1.807) is 0 Å². The highest BCUT2D eigenvalue weighted by Gasteiger charge is 2.47. The smallest absolute Gasteiger partial charge is 0.184 e. The van der Waals surface area contributed by atoms with Gasteiger partial charge in [-0.15, -0.1) is 0 Å². The Morgan fingerprint density at radius 2 is 1.90 bits per heavy atom. The Morgan fingerprint density at radius 1 is 1.20 bits per heavy atom. The minimum Gasteiger partial charge on any atom is -0.394 e. The van der Waals surface area contributed by atoms with Gasteiger partial charge in [-0.05, 0) is 0 Å². The predicted molar refractivity (Wildman–Crippen MR) is 65.2 cm³/mol. The first kappa shape index (κ1) is 16.0. The molecular formula is C11H22N2O7. The van der Waals surface area contributed by atoms with E-state index in [4.69, 9.17) is 30.8 Å². The van der Waals surface area contributed by atoms with Crippen molar-refractivity contribution in [3.8, 4) is 0 Å². The highest BCUT2D eigenvalue weighted by molar-refractivity contribution is 4.91. The van der Waals surface area contributed by atoms with E-state index >= 15 is 0 Å². The minimum atomic E-state index is -1.45. The molecule has 2 heterocycles. The lowest BCUT2D eigenvalue weighted by Crippen LogP contribution is -2.57. The molecule has 0 amide bonds. The summed E-state index contributed by atoms with van der Waals surface area (Å²) in [6, 6.07) is -0.818. The molecule has 2 saturated heterocycles. The fraction of sp³-hybridized carbons (Fsp3) is 1.00. The van der Waals surface area contributed by atoms with E-state index in [0.717, 1.165) is 0 Å². The molecule has 2 rings (SSSR count). The van der Waals surface area contributed by atoms with Crippen LogP contribution in [0.2, 0.25) is 0 Å². The summed E-state index contributed by atoms with van der Waals surface area (Å²) in [5.74, 6) is 0. The van der Waals surface area contributed by atoms with Crippen LogP contribution >= 0.6 is 0 Å². The maximum absolute atomic E-state index is 9.83. The van der Waals surface area contributed by atoms with Crippen LogP contribution in [0.4, 0.5) is 0 Å². The molecule has 9 nitrogen and oxygen atoms in total. The summed E-state index contributed by atoms with van der Waals surface area (Å²) in [4.78, 5) is 0. The van der Waals surface area contributed by atoms with Gasteiger partial charge in [0.05, 0.1) is 24.9 Å². The quantitative estimate of drug-likeness (QED) is 0.305. The van der Waals surface area contributed by atoms with Crippen molar-refractivity contribution in [3.63, 3.8) is 0 Å². The predicted octanol–water partition coefficient (Wildman–Crippen LogP) is -3.80. The van der Waals surface area contributed by atoms with Crippen LogP contribution < -0.4 is 11.5 Å². The first-order valence-corrected chi connectivity index (χ1v) is 6.55. The summed E-state index contributed by atoms with van der Waals surface area (Å²) in [6.07, 6.45) is -6.65. The van der Waals surface area contributed by atoms with Gasteiger partial charge in [-0.2, -0.15) is 0 Å². The number of rotatable bonds is 4. The number of nitrogens with two attached hydrogens (primary N) is 2. The lowest BCUT2D eigenvalue weighted by atomic mass is 10.0. The molecule has 0 bridgehead atoms. The van der Waals surface area contributed by atoms with Crippen LogP contribution in [0.5, 0.6) is 0 Å². The van der Waals surface area contributed by atoms with Crippen LogP contribution in [-0.2, 0) is 14.2 Å². The number of aliphatic hydroxyl groups is 4.